The Morgan fingerprint density at radius 2 is 2.12 bits per heavy atom. The number of nitrogens with one attached hydrogen (secondary N) is 1. The Morgan fingerprint density at radius 3 is 3.04 bits per heavy atom. The maximum atomic E-state index is 12.5. The highest BCUT2D eigenvalue weighted by Gasteiger charge is 2.16. The summed E-state index contributed by atoms with van der Waals surface area (Å²) in [6.45, 7) is 1.54. The molecule has 0 unspecified atom stereocenters. The first-order valence-electron chi connectivity index (χ1n) is 8.52. The highest BCUT2D eigenvalue weighted by molar-refractivity contribution is 7.33. The summed E-state index contributed by atoms with van der Waals surface area (Å²) >= 11 is 3.32. The van der Waals surface area contributed by atoms with E-state index in [0.29, 0.717) is 6.54 Å². The van der Waals surface area contributed by atoms with Crippen LogP contribution in [0.4, 0.5) is 0 Å². The lowest BCUT2D eigenvalue weighted by molar-refractivity contribution is 0.0954. The van der Waals surface area contributed by atoms with Gasteiger partial charge in [0.2, 0.25) is 0 Å². The first-order chi connectivity index (χ1) is 12.3. The lowest BCUT2D eigenvalue weighted by atomic mass is 10.2. The van der Waals surface area contributed by atoms with Gasteiger partial charge in [-0.1, -0.05) is 18.2 Å². The second kappa shape index (κ2) is 5.97. The largest absolute Gasteiger partial charge is 0.346 e. The average molecular weight is 367 g/mol. The normalized spacial score (nSPS) is 14.1. The van der Waals surface area contributed by atoms with Gasteiger partial charge in [0, 0.05) is 33.9 Å². The van der Waals surface area contributed by atoms with Crippen molar-refractivity contribution in [1.29, 1.82) is 0 Å². The maximum Gasteiger partial charge on any atom is 0.261 e. The topological polar surface area (TPSA) is 46.9 Å². The molecule has 1 aromatic carbocycles. The van der Waals surface area contributed by atoms with Gasteiger partial charge < -0.3 is 9.88 Å². The number of nitrogens with zero attached hydrogens (tertiary/aromatic N) is 2. The van der Waals surface area contributed by atoms with Gasteiger partial charge in [-0.3, -0.25) is 4.79 Å². The average Bonchev–Trinajstić information content (AvgIpc) is 3.31. The zero-order valence-electron chi connectivity index (χ0n) is 13.6. The van der Waals surface area contributed by atoms with Gasteiger partial charge in [0.25, 0.3) is 5.91 Å². The molecule has 0 saturated carbocycles. The quantitative estimate of drug-likeness (QED) is 0.576. The van der Waals surface area contributed by atoms with Crippen molar-refractivity contribution < 1.29 is 4.79 Å². The molecule has 4 aromatic rings. The van der Waals surface area contributed by atoms with Crippen molar-refractivity contribution in [2.75, 3.05) is 0 Å². The number of aromatic nitrogens is 2. The summed E-state index contributed by atoms with van der Waals surface area (Å²) < 4.78 is 5.90. The smallest absolute Gasteiger partial charge is 0.261 e. The van der Waals surface area contributed by atoms with E-state index in [2.05, 4.69) is 45.3 Å². The van der Waals surface area contributed by atoms with E-state index in [1.807, 2.05) is 6.07 Å². The van der Waals surface area contributed by atoms with Gasteiger partial charge in [0.15, 0.2) is 0 Å². The highest BCUT2D eigenvalue weighted by atomic mass is 32.1. The molecule has 0 spiro atoms. The summed E-state index contributed by atoms with van der Waals surface area (Å²) in [6.07, 6.45) is 5.55. The van der Waals surface area contributed by atoms with Gasteiger partial charge >= 0.3 is 0 Å². The second-order valence-corrected chi connectivity index (χ2v) is 8.52. The number of carbonyl (C=O) groups excluding carboxylic acids is 1. The van der Waals surface area contributed by atoms with Crippen molar-refractivity contribution in [3.05, 3.63) is 52.9 Å². The van der Waals surface area contributed by atoms with Crippen LogP contribution in [0.3, 0.4) is 0 Å². The molecule has 6 heteroatoms. The molecular weight excluding hydrogens is 350 g/mol. The summed E-state index contributed by atoms with van der Waals surface area (Å²) in [7, 11) is 0. The SMILES string of the molecule is O=C(NCc1cn2c(n1)CCCC2)c1cc2sc3ccccc3c2s1. The molecule has 0 saturated heterocycles. The summed E-state index contributed by atoms with van der Waals surface area (Å²) in [6, 6.07) is 10.4. The van der Waals surface area contributed by atoms with Crippen LogP contribution in [-0.2, 0) is 19.5 Å². The molecule has 1 aliphatic heterocycles. The Kier molecular flexibility index (Phi) is 3.60. The third-order valence-corrected chi connectivity index (χ3v) is 7.08. The van der Waals surface area contributed by atoms with Gasteiger partial charge in [-0.15, -0.1) is 22.7 Å². The van der Waals surface area contributed by atoms with E-state index in [1.54, 1.807) is 22.7 Å². The molecule has 1 aliphatic rings. The molecule has 0 atom stereocenters. The highest BCUT2D eigenvalue weighted by Crippen LogP contribution is 2.39. The van der Waals surface area contributed by atoms with Crippen molar-refractivity contribution in [1.82, 2.24) is 14.9 Å². The minimum absolute atomic E-state index is 0.0107. The molecular formula is C19H17N3OS2. The van der Waals surface area contributed by atoms with E-state index in [0.717, 1.165) is 29.4 Å². The van der Waals surface area contributed by atoms with E-state index in [1.165, 1.54) is 32.3 Å². The molecule has 0 fully saturated rings. The van der Waals surface area contributed by atoms with Crippen LogP contribution >= 0.6 is 22.7 Å². The number of amides is 1. The lowest BCUT2D eigenvalue weighted by Crippen LogP contribution is -2.21. The minimum atomic E-state index is -0.0107. The second-order valence-electron chi connectivity index (χ2n) is 6.38. The van der Waals surface area contributed by atoms with E-state index in [-0.39, 0.29) is 5.91 Å². The lowest BCUT2D eigenvalue weighted by Gasteiger charge is -2.11. The molecule has 1 N–H and O–H groups in total. The van der Waals surface area contributed by atoms with Gasteiger partial charge in [0.05, 0.1) is 21.8 Å². The predicted molar refractivity (Wildman–Crippen MR) is 104 cm³/mol. The van der Waals surface area contributed by atoms with Crippen molar-refractivity contribution >= 4 is 48.1 Å². The standard InChI is InChI=1S/C19H17N3OS2/c23-19(20-10-12-11-22-8-4-3-7-17(22)21-12)16-9-15-18(25-16)13-5-1-2-6-14(13)24-15/h1-2,5-6,9,11H,3-4,7-8,10H2,(H,20,23). The fourth-order valence-electron chi connectivity index (χ4n) is 3.43. The Morgan fingerprint density at radius 1 is 1.20 bits per heavy atom. The fraction of sp³-hybridized carbons (Fsp3) is 0.263. The van der Waals surface area contributed by atoms with E-state index >= 15 is 0 Å². The first-order valence-corrected chi connectivity index (χ1v) is 10.2. The Hall–Kier alpha value is -2.18. The number of hydrogen-bond acceptors (Lipinski definition) is 4. The van der Waals surface area contributed by atoms with Crippen LogP contribution in [0.1, 0.15) is 34.0 Å². The molecule has 126 valence electrons. The summed E-state index contributed by atoms with van der Waals surface area (Å²) in [5.74, 6) is 1.14. The Balaban J connectivity index is 1.35. The van der Waals surface area contributed by atoms with Crippen LogP contribution in [0, 0.1) is 0 Å². The van der Waals surface area contributed by atoms with Crippen LogP contribution in [0.5, 0.6) is 0 Å². The molecule has 4 nitrogen and oxygen atoms in total. The molecule has 3 aromatic heterocycles. The van der Waals surface area contributed by atoms with Crippen LogP contribution < -0.4 is 5.32 Å². The van der Waals surface area contributed by atoms with E-state index in [4.69, 9.17) is 0 Å². The van der Waals surface area contributed by atoms with Crippen LogP contribution in [0.2, 0.25) is 0 Å². The van der Waals surface area contributed by atoms with Gasteiger partial charge in [-0.05, 0) is 25.0 Å². The molecule has 0 bridgehead atoms. The van der Waals surface area contributed by atoms with Gasteiger partial charge in [-0.25, -0.2) is 4.98 Å². The maximum absolute atomic E-state index is 12.5. The third kappa shape index (κ3) is 2.65. The summed E-state index contributed by atoms with van der Waals surface area (Å²) in [5.41, 5.74) is 0.953. The Labute approximate surface area is 153 Å². The zero-order valence-corrected chi connectivity index (χ0v) is 15.3. The van der Waals surface area contributed by atoms with Crippen molar-refractivity contribution in [3.63, 3.8) is 0 Å². The van der Waals surface area contributed by atoms with Crippen molar-refractivity contribution in [3.8, 4) is 0 Å². The molecule has 4 heterocycles. The molecule has 25 heavy (non-hydrogen) atoms. The first kappa shape index (κ1) is 15.1. The number of thiophene rings is 2. The van der Waals surface area contributed by atoms with Crippen LogP contribution in [0.25, 0.3) is 19.5 Å². The molecule has 1 amide bonds. The number of rotatable bonds is 3. The Bertz CT molecular complexity index is 1070. The van der Waals surface area contributed by atoms with Crippen molar-refractivity contribution in [2.24, 2.45) is 0 Å². The third-order valence-electron chi connectivity index (χ3n) is 4.66. The number of aryl methyl sites for hydroxylation is 2. The number of fused-ring (bicyclic) bond motifs is 4. The monoisotopic (exact) mass is 367 g/mol. The number of benzene rings is 1. The molecule has 5 rings (SSSR count). The minimum Gasteiger partial charge on any atom is -0.346 e. The van der Waals surface area contributed by atoms with E-state index in [9.17, 15) is 4.79 Å². The molecule has 0 radical (unpaired) electrons. The predicted octanol–water partition coefficient (Wildman–Crippen LogP) is 4.58. The number of carbonyl (C=O) groups is 1. The fourth-order valence-corrected chi connectivity index (χ4v) is 5.87. The van der Waals surface area contributed by atoms with Crippen LogP contribution in [0.15, 0.2) is 36.5 Å². The van der Waals surface area contributed by atoms with Gasteiger partial charge in [-0.2, -0.15) is 0 Å². The zero-order chi connectivity index (χ0) is 16.8. The van der Waals surface area contributed by atoms with Crippen molar-refractivity contribution in [2.45, 2.75) is 32.4 Å². The van der Waals surface area contributed by atoms with E-state index < -0.39 is 0 Å². The van der Waals surface area contributed by atoms with Crippen LogP contribution in [-0.4, -0.2) is 15.5 Å². The summed E-state index contributed by atoms with van der Waals surface area (Å²) in [4.78, 5) is 18.0. The number of imidazole rings is 1. The number of hydrogen-bond donors (Lipinski definition) is 1. The van der Waals surface area contributed by atoms with Gasteiger partial charge in [0.1, 0.15) is 5.82 Å². The molecule has 0 aliphatic carbocycles. The summed E-state index contributed by atoms with van der Waals surface area (Å²) in [5, 5.41) is 4.27.